The van der Waals surface area contributed by atoms with Gasteiger partial charge in [0.25, 0.3) is 0 Å². The van der Waals surface area contributed by atoms with Gasteiger partial charge in [-0.05, 0) is 18.2 Å². The second-order valence-corrected chi connectivity index (χ2v) is 2.84. The molecule has 0 atom stereocenters. The van der Waals surface area contributed by atoms with Gasteiger partial charge in [-0.1, -0.05) is 0 Å². The number of aromatic nitrogens is 2. The van der Waals surface area contributed by atoms with Gasteiger partial charge in [-0.25, -0.2) is 9.78 Å². The first-order chi connectivity index (χ1) is 6.18. The van der Waals surface area contributed by atoms with Gasteiger partial charge in [-0.3, -0.25) is 0 Å². The number of pyridine rings is 1. The molecule has 1 N–H and O–H groups in total. The maximum atomic E-state index is 10.6. The molecule has 2 aromatic rings. The van der Waals surface area contributed by atoms with Crippen molar-refractivity contribution >= 4 is 17.0 Å². The van der Waals surface area contributed by atoms with E-state index in [1.807, 2.05) is 19.3 Å². The van der Waals surface area contributed by atoms with Gasteiger partial charge in [0.15, 0.2) is 5.69 Å². The maximum Gasteiger partial charge on any atom is 0.354 e. The number of aryl methyl sites for hydroxylation is 1. The topological polar surface area (TPSA) is 55.1 Å². The SMILES string of the molecule is Cn1ccc2ccc(C(=O)O)nc21. The van der Waals surface area contributed by atoms with Crippen molar-refractivity contribution in [3.8, 4) is 0 Å². The third-order valence-corrected chi connectivity index (χ3v) is 1.94. The summed E-state index contributed by atoms with van der Waals surface area (Å²) in [5.74, 6) is -0.997. The molecule has 66 valence electrons. The predicted molar refractivity (Wildman–Crippen MR) is 47.7 cm³/mol. The molecule has 0 aliphatic heterocycles. The number of carboxylic acid groups (broad SMARTS) is 1. The number of aromatic carboxylic acids is 1. The molecular weight excluding hydrogens is 168 g/mol. The largest absolute Gasteiger partial charge is 0.477 e. The molecule has 13 heavy (non-hydrogen) atoms. The Hall–Kier alpha value is -1.84. The van der Waals surface area contributed by atoms with Crippen LogP contribution in [-0.4, -0.2) is 20.6 Å². The van der Waals surface area contributed by atoms with Crippen molar-refractivity contribution in [1.82, 2.24) is 9.55 Å². The van der Waals surface area contributed by atoms with Crippen molar-refractivity contribution in [3.63, 3.8) is 0 Å². The summed E-state index contributed by atoms with van der Waals surface area (Å²) in [7, 11) is 1.83. The molecule has 0 aliphatic carbocycles. The number of carbonyl (C=O) groups is 1. The highest BCUT2D eigenvalue weighted by atomic mass is 16.4. The van der Waals surface area contributed by atoms with E-state index in [1.54, 1.807) is 10.6 Å². The van der Waals surface area contributed by atoms with E-state index in [-0.39, 0.29) is 5.69 Å². The van der Waals surface area contributed by atoms with E-state index >= 15 is 0 Å². The monoisotopic (exact) mass is 176 g/mol. The number of hydrogen-bond donors (Lipinski definition) is 1. The molecule has 2 aromatic heterocycles. The van der Waals surface area contributed by atoms with Crippen LogP contribution in [0.2, 0.25) is 0 Å². The summed E-state index contributed by atoms with van der Waals surface area (Å²) in [6.07, 6.45) is 1.85. The highest BCUT2D eigenvalue weighted by Gasteiger charge is 2.06. The first-order valence-corrected chi connectivity index (χ1v) is 3.84. The lowest BCUT2D eigenvalue weighted by molar-refractivity contribution is 0.0691. The maximum absolute atomic E-state index is 10.6. The summed E-state index contributed by atoms with van der Waals surface area (Å²) in [5.41, 5.74) is 0.772. The molecule has 4 heteroatoms. The van der Waals surface area contributed by atoms with Gasteiger partial charge in [0.05, 0.1) is 0 Å². The Bertz CT molecular complexity index is 473. The zero-order valence-electron chi connectivity index (χ0n) is 7.06. The van der Waals surface area contributed by atoms with Crippen molar-refractivity contribution in [3.05, 3.63) is 30.1 Å². The average molecular weight is 176 g/mol. The first-order valence-electron chi connectivity index (χ1n) is 3.84. The van der Waals surface area contributed by atoms with E-state index < -0.39 is 5.97 Å². The van der Waals surface area contributed by atoms with E-state index in [0.717, 1.165) is 5.39 Å². The lowest BCUT2D eigenvalue weighted by Gasteiger charge is -1.96. The van der Waals surface area contributed by atoms with Gasteiger partial charge in [-0.2, -0.15) is 0 Å². The molecule has 2 rings (SSSR count). The second-order valence-electron chi connectivity index (χ2n) is 2.84. The third kappa shape index (κ3) is 1.16. The average Bonchev–Trinajstić information content (AvgIpc) is 2.47. The van der Waals surface area contributed by atoms with E-state index in [9.17, 15) is 4.79 Å². The molecule has 0 spiro atoms. The summed E-state index contributed by atoms with van der Waals surface area (Å²) >= 11 is 0. The summed E-state index contributed by atoms with van der Waals surface area (Å²) in [6, 6.07) is 5.16. The third-order valence-electron chi connectivity index (χ3n) is 1.94. The van der Waals surface area contributed by atoms with E-state index in [1.165, 1.54) is 6.07 Å². The van der Waals surface area contributed by atoms with Crippen LogP contribution in [-0.2, 0) is 7.05 Å². The van der Waals surface area contributed by atoms with E-state index in [4.69, 9.17) is 5.11 Å². The number of rotatable bonds is 1. The van der Waals surface area contributed by atoms with Gasteiger partial charge in [0.1, 0.15) is 5.65 Å². The van der Waals surface area contributed by atoms with Crippen LogP contribution in [0.3, 0.4) is 0 Å². The molecule has 2 heterocycles. The van der Waals surface area contributed by atoms with Gasteiger partial charge >= 0.3 is 5.97 Å². The molecule has 4 nitrogen and oxygen atoms in total. The Morgan fingerprint density at radius 3 is 2.92 bits per heavy atom. The molecule has 0 saturated carbocycles. The Balaban J connectivity index is 2.72. The molecule has 0 unspecified atom stereocenters. The van der Waals surface area contributed by atoms with Gasteiger partial charge in [0.2, 0.25) is 0 Å². The van der Waals surface area contributed by atoms with Crippen LogP contribution in [0.25, 0.3) is 11.0 Å². The standard InChI is InChI=1S/C9H8N2O2/c1-11-5-4-6-2-3-7(9(12)13)10-8(6)11/h2-5H,1H3,(H,12,13). The fourth-order valence-electron chi connectivity index (χ4n) is 1.25. The van der Waals surface area contributed by atoms with Crippen LogP contribution in [0, 0.1) is 0 Å². The summed E-state index contributed by atoms with van der Waals surface area (Å²) < 4.78 is 1.79. The van der Waals surface area contributed by atoms with Crippen LogP contribution < -0.4 is 0 Å². The molecule has 0 saturated heterocycles. The van der Waals surface area contributed by atoms with Crippen molar-refractivity contribution in [1.29, 1.82) is 0 Å². The van der Waals surface area contributed by atoms with Crippen molar-refractivity contribution < 1.29 is 9.90 Å². The Labute approximate surface area is 74.4 Å². The Kier molecular flexibility index (Phi) is 1.55. The minimum Gasteiger partial charge on any atom is -0.477 e. The highest BCUT2D eigenvalue weighted by Crippen LogP contribution is 2.12. The van der Waals surface area contributed by atoms with Crippen LogP contribution in [0.4, 0.5) is 0 Å². The molecule has 0 aromatic carbocycles. The molecule has 0 amide bonds. The minimum atomic E-state index is -0.997. The Morgan fingerprint density at radius 1 is 1.46 bits per heavy atom. The number of hydrogen-bond acceptors (Lipinski definition) is 2. The van der Waals surface area contributed by atoms with E-state index in [2.05, 4.69) is 4.98 Å². The van der Waals surface area contributed by atoms with E-state index in [0.29, 0.717) is 5.65 Å². The van der Waals surface area contributed by atoms with Crippen molar-refractivity contribution in [2.45, 2.75) is 0 Å². The quantitative estimate of drug-likeness (QED) is 0.711. The molecular formula is C9H8N2O2. The van der Waals surface area contributed by atoms with Crippen LogP contribution in [0.5, 0.6) is 0 Å². The van der Waals surface area contributed by atoms with Gasteiger partial charge in [0, 0.05) is 18.6 Å². The Morgan fingerprint density at radius 2 is 2.23 bits per heavy atom. The predicted octanol–water partition coefficient (Wildman–Crippen LogP) is 1.27. The fraction of sp³-hybridized carbons (Fsp3) is 0.111. The zero-order valence-corrected chi connectivity index (χ0v) is 7.06. The lowest BCUT2D eigenvalue weighted by Crippen LogP contribution is -2.00. The molecule has 0 fully saturated rings. The van der Waals surface area contributed by atoms with Crippen LogP contribution in [0.1, 0.15) is 10.5 Å². The number of carboxylic acids is 1. The minimum absolute atomic E-state index is 0.0781. The summed E-state index contributed by atoms with van der Waals surface area (Å²) in [5, 5.41) is 9.65. The molecule has 0 radical (unpaired) electrons. The second kappa shape index (κ2) is 2.58. The fourth-order valence-corrected chi connectivity index (χ4v) is 1.25. The van der Waals surface area contributed by atoms with Crippen LogP contribution in [0.15, 0.2) is 24.4 Å². The molecule has 0 aliphatic rings. The van der Waals surface area contributed by atoms with Gasteiger partial charge in [-0.15, -0.1) is 0 Å². The summed E-state index contributed by atoms with van der Waals surface area (Å²) in [6.45, 7) is 0. The summed E-state index contributed by atoms with van der Waals surface area (Å²) in [4.78, 5) is 14.6. The van der Waals surface area contributed by atoms with Crippen molar-refractivity contribution in [2.24, 2.45) is 7.05 Å². The number of nitrogens with zero attached hydrogens (tertiary/aromatic N) is 2. The molecule has 0 bridgehead atoms. The lowest BCUT2D eigenvalue weighted by atomic mass is 10.3. The highest BCUT2D eigenvalue weighted by molar-refractivity contribution is 5.89. The smallest absolute Gasteiger partial charge is 0.354 e. The zero-order chi connectivity index (χ0) is 9.42. The first kappa shape index (κ1) is 7.79. The van der Waals surface area contributed by atoms with Gasteiger partial charge < -0.3 is 9.67 Å². The van der Waals surface area contributed by atoms with Crippen LogP contribution >= 0.6 is 0 Å². The van der Waals surface area contributed by atoms with Crippen molar-refractivity contribution in [2.75, 3.05) is 0 Å². The normalized spacial score (nSPS) is 10.5. The number of fused-ring (bicyclic) bond motifs is 1.